The van der Waals surface area contributed by atoms with Gasteiger partial charge in [0.2, 0.25) is 5.91 Å². The number of hydrogen-bond donors (Lipinski definition) is 1. The summed E-state index contributed by atoms with van der Waals surface area (Å²) in [6.07, 6.45) is 2.96. The van der Waals surface area contributed by atoms with Gasteiger partial charge in [0.1, 0.15) is 22.6 Å². The molecule has 1 unspecified atom stereocenters. The van der Waals surface area contributed by atoms with Gasteiger partial charge in [0.15, 0.2) is 0 Å². The van der Waals surface area contributed by atoms with E-state index in [1.54, 1.807) is 39.3 Å². The van der Waals surface area contributed by atoms with E-state index in [1.807, 2.05) is 6.92 Å². The average Bonchev–Trinajstić information content (AvgIpc) is 3.17. The number of aromatic nitrogens is 1. The maximum atomic E-state index is 12.8. The first-order chi connectivity index (χ1) is 13.5. The van der Waals surface area contributed by atoms with Crippen molar-refractivity contribution in [3.63, 3.8) is 0 Å². The lowest BCUT2D eigenvalue weighted by atomic mass is 10.0. The van der Waals surface area contributed by atoms with Crippen LogP contribution in [0.2, 0.25) is 0 Å². The molecule has 0 bridgehead atoms. The first kappa shape index (κ1) is 20.0. The summed E-state index contributed by atoms with van der Waals surface area (Å²) in [4.78, 5) is 17.5. The molecule has 1 aliphatic rings. The summed E-state index contributed by atoms with van der Waals surface area (Å²) in [6.45, 7) is 3.78. The van der Waals surface area contributed by atoms with Gasteiger partial charge < -0.3 is 14.8 Å². The van der Waals surface area contributed by atoms with Crippen LogP contribution in [0.3, 0.4) is 0 Å². The predicted octanol–water partition coefficient (Wildman–Crippen LogP) is 3.89. The van der Waals surface area contributed by atoms with E-state index in [0.29, 0.717) is 27.8 Å². The molecule has 1 amide bonds. The number of aryl methyl sites for hydroxylation is 1. The van der Waals surface area contributed by atoms with Crippen molar-refractivity contribution in [1.82, 2.24) is 4.98 Å². The quantitative estimate of drug-likeness (QED) is 0.745. The van der Waals surface area contributed by atoms with E-state index < -0.39 is 5.25 Å². The number of nitrogens with zero attached hydrogens (tertiary/aromatic N) is 2. The Morgan fingerprint density at radius 3 is 2.79 bits per heavy atom. The summed E-state index contributed by atoms with van der Waals surface area (Å²) in [5, 5.41) is 12.7. The number of methoxy groups -OCH3 is 2. The van der Waals surface area contributed by atoms with Crippen LogP contribution in [-0.2, 0) is 17.6 Å². The van der Waals surface area contributed by atoms with Crippen molar-refractivity contribution in [2.75, 3.05) is 19.5 Å². The number of nitriles is 1. The summed E-state index contributed by atoms with van der Waals surface area (Å²) in [5.74, 6) is 0.982. The van der Waals surface area contributed by atoms with Crippen molar-refractivity contribution in [3.05, 3.63) is 40.6 Å². The van der Waals surface area contributed by atoms with Crippen LogP contribution in [0.25, 0.3) is 0 Å². The Labute approximate surface area is 169 Å². The first-order valence-electron chi connectivity index (χ1n) is 9.10. The molecular formula is C21H23N3O3S. The number of ether oxygens (including phenoxy) is 2. The molecule has 1 aromatic heterocycles. The maximum absolute atomic E-state index is 12.8. The number of nitrogens with one attached hydrogen (secondary N) is 1. The molecule has 1 aliphatic carbocycles. The Morgan fingerprint density at radius 2 is 2.11 bits per heavy atom. The molecule has 1 aromatic carbocycles. The van der Waals surface area contributed by atoms with E-state index in [0.717, 1.165) is 30.5 Å². The third kappa shape index (κ3) is 3.92. The number of rotatable bonds is 6. The smallest absolute Gasteiger partial charge is 0.237 e. The topological polar surface area (TPSA) is 84.2 Å². The Hall–Kier alpha value is -2.72. The number of benzene rings is 1. The van der Waals surface area contributed by atoms with Crippen molar-refractivity contribution in [2.24, 2.45) is 0 Å². The molecule has 0 saturated heterocycles. The van der Waals surface area contributed by atoms with Crippen molar-refractivity contribution >= 4 is 23.4 Å². The van der Waals surface area contributed by atoms with E-state index in [9.17, 15) is 10.1 Å². The Balaban J connectivity index is 1.81. The standard InChI is InChI=1S/C21H23N3O3S/c1-12-15-6-5-7-17(15)24-21(16(12)11-22)28-13(2)20(25)23-18-10-14(26-3)8-9-19(18)27-4/h8-10,13H,5-7H2,1-4H3,(H,23,25). The highest BCUT2D eigenvalue weighted by molar-refractivity contribution is 8.00. The number of carbonyl (C=O) groups excluding carboxylic acids is 1. The summed E-state index contributed by atoms with van der Waals surface area (Å²) in [5.41, 5.74) is 4.36. The predicted molar refractivity (Wildman–Crippen MR) is 109 cm³/mol. The van der Waals surface area contributed by atoms with Gasteiger partial charge >= 0.3 is 0 Å². The zero-order valence-electron chi connectivity index (χ0n) is 16.5. The van der Waals surface area contributed by atoms with E-state index in [-0.39, 0.29) is 5.91 Å². The molecule has 1 atom stereocenters. The van der Waals surface area contributed by atoms with E-state index >= 15 is 0 Å². The van der Waals surface area contributed by atoms with Gasteiger partial charge in [0.25, 0.3) is 0 Å². The van der Waals surface area contributed by atoms with Gasteiger partial charge in [0.05, 0.1) is 30.7 Å². The number of hydrogen-bond acceptors (Lipinski definition) is 6. The molecule has 146 valence electrons. The molecule has 1 N–H and O–H groups in total. The van der Waals surface area contributed by atoms with Crippen molar-refractivity contribution in [3.8, 4) is 17.6 Å². The molecule has 6 nitrogen and oxygen atoms in total. The van der Waals surface area contributed by atoms with Crippen LogP contribution in [0.4, 0.5) is 5.69 Å². The minimum absolute atomic E-state index is 0.194. The summed E-state index contributed by atoms with van der Waals surface area (Å²) < 4.78 is 10.5. The Bertz CT molecular complexity index is 953. The maximum Gasteiger partial charge on any atom is 0.237 e. The fourth-order valence-electron chi connectivity index (χ4n) is 3.33. The van der Waals surface area contributed by atoms with E-state index in [2.05, 4.69) is 11.4 Å². The highest BCUT2D eigenvalue weighted by Crippen LogP contribution is 2.34. The van der Waals surface area contributed by atoms with Gasteiger partial charge in [0, 0.05) is 11.8 Å². The molecule has 1 heterocycles. The highest BCUT2D eigenvalue weighted by Gasteiger charge is 2.24. The number of thioether (sulfide) groups is 1. The van der Waals surface area contributed by atoms with Gasteiger partial charge in [-0.3, -0.25) is 4.79 Å². The van der Waals surface area contributed by atoms with Crippen molar-refractivity contribution < 1.29 is 14.3 Å². The van der Waals surface area contributed by atoms with Crippen LogP contribution >= 0.6 is 11.8 Å². The van der Waals surface area contributed by atoms with Crippen LogP contribution in [-0.4, -0.2) is 30.4 Å². The second kappa shape index (κ2) is 8.53. The second-order valence-electron chi connectivity index (χ2n) is 6.62. The van der Waals surface area contributed by atoms with Crippen molar-refractivity contribution in [2.45, 2.75) is 43.4 Å². The molecule has 28 heavy (non-hydrogen) atoms. The van der Waals surface area contributed by atoms with Crippen molar-refractivity contribution in [1.29, 1.82) is 5.26 Å². The molecule has 3 rings (SSSR count). The average molecular weight is 398 g/mol. The van der Waals surface area contributed by atoms with Crippen LogP contribution < -0.4 is 14.8 Å². The Kier molecular flexibility index (Phi) is 6.10. The number of amides is 1. The van der Waals surface area contributed by atoms with Crippen LogP contribution in [0.15, 0.2) is 23.2 Å². The zero-order chi connectivity index (χ0) is 20.3. The number of pyridine rings is 1. The van der Waals surface area contributed by atoms with E-state index in [1.165, 1.54) is 17.3 Å². The minimum atomic E-state index is -0.436. The molecule has 0 fully saturated rings. The number of carbonyl (C=O) groups is 1. The third-order valence-corrected chi connectivity index (χ3v) is 5.99. The van der Waals surface area contributed by atoms with Crippen LogP contribution in [0.1, 0.15) is 35.7 Å². The normalized spacial score (nSPS) is 13.4. The molecule has 0 spiro atoms. The summed E-state index contributed by atoms with van der Waals surface area (Å²) in [7, 11) is 3.11. The minimum Gasteiger partial charge on any atom is -0.497 e. The monoisotopic (exact) mass is 397 g/mol. The molecule has 0 aliphatic heterocycles. The van der Waals surface area contributed by atoms with E-state index in [4.69, 9.17) is 14.5 Å². The molecule has 0 radical (unpaired) electrons. The molecule has 2 aromatic rings. The third-order valence-electron chi connectivity index (χ3n) is 4.90. The number of anilines is 1. The first-order valence-corrected chi connectivity index (χ1v) is 9.98. The lowest BCUT2D eigenvalue weighted by Crippen LogP contribution is -2.23. The number of fused-ring (bicyclic) bond motifs is 1. The summed E-state index contributed by atoms with van der Waals surface area (Å²) in [6, 6.07) is 7.49. The highest BCUT2D eigenvalue weighted by atomic mass is 32.2. The summed E-state index contributed by atoms with van der Waals surface area (Å²) >= 11 is 1.31. The fraction of sp³-hybridized carbons (Fsp3) is 0.381. The van der Waals surface area contributed by atoms with Gasteiger partial charge in [-0.25, -0.2) is 4.98 Å². The lowest BCUT2D eigenvalue weighted by Gasteiger charge is -2.16. The fourth-order valence-corrected chi connectivity index (χ4v) is 4.31. The SMILES string of the molecule is COc1ccc(OC)c(NC(=O)C(C)Sc2nc3c(c(C)c2C#N)CCC3)c1. The Morgan fingerprint density at radius 1 is 1.32 bits per heavy atom. The zero-order valence-corrected chi connectivity index (χ0v) is 17.3. The molecule has 7 heteroatoms. The van der Waals surface area contributed by atoms with Crippen LogP contribution in [0, 0.1) is 18.3 Å². The van der Waals surface area contributed by atoms with Gasteiger partial charge in [-0.05, 0) is 56.4 Å². The molecular weight excluding hydrogens is 374 g/mol. The lowest BCUT2D eigenvalue weighted by molar-refractivity contribution is -0.115. The van der Waals surface area contributed by atoms with Gasteiger partial charge in [-0.15, -0.1) is 0 Å². The van der Waals surface area contributed by atoms with Gasteiger partial charge in [-0.2, -0.15) is 5.26 Å². The van der Waals surface area contributed by atoms with Crippen LogP contribution in [0.5, 0.6) is 11.5 Å². The molecule has 0 saturated carbocycles. The largest absolute Gasteiger partial charge is 0.497 e. The second-order valence-corrected chi connectivity index (χ2v) is 7.95. The van der Waals surface area contributed by atoms with Gasteiger partial charge in [-0.1, -0.05) is 11.8 Å².